The summed E-state index contributed by atoms with van der Waals surface area (Å²) >= 11 is 0. The zero-order chi connectivity index (χ0) is 17.1. The maximum absolute atomic E-state index is 11.4. The minimum Gasteiger partial charge on any atom is -0.354 e. The van der Waals surface area contributed by atoms with Gasteiger partial charge in [0, 0.05) is 51.4 Å². The molecule has 0 radical (unpaired) electrons. The van der Waals surface area contributed by atoms with Gasteiger partial charge >= 0.3 is 0 Å². The van der Waals surface area contributed by atoms with Crippen LogP contribution in [-0.2, 0) is 10.0 Å². The highest BCUT2D eigenvalue weighted by molar-refractivity contribution is 14.0. The molecule has 1 atom stereocenters. The molecule has 2 aliphatic heterocycles. The Morgan fingerprint density at radius 3 is 2.50 bits per heavy atom. The van der Waals surface area contributed by atoms with E-state index in [1.807, 2.05) is 13.8 Å². The first-order valence-electron chi connectivity index (χ1n) is 8.04. The summed E-state index contributed by atoms with van der Waals surface area (Å²) in [5.74, 6) is 0.836. The lowest BCUT2D eigenvalue weighted by molar-refractivity contribution is 0.259. The van der Waals surface area contributed by atoms with Gasteiger partial charge in [-0.1, -0.05) is 12.2 Å². The number of hydrogen-bond donors (Lipinski definition) is 2. The third-order valence-electron chi connectivity index (χ3n) is 4.19. The molecule has 1 saturated heterocycles. The number of likely N-dealkylation sites (tertiary alicyclic amines) is 1. The first kappa shape index (κ1) is 21.7. The van der Waals surface area contributed by atoms with Gasteiger partial charge in [0.2, 0.25) is 10.0 Å². The average Bonchev–Trinajstić information content (AvgIpc) is 3.07. The summed E-state index contributed by atoms with van der Waals surface area (Å²) in [5, 5.41) is 3.30. The predicted molar refractivity (Wildman–Crippen MR) is 110 cm³/mol. The number of nitrogens with one attached hydrogen (secondary N) is 2. The maximum atomic E-state index is 11.4. The molecule has 0 aliphatic carbocycles. The Kier molecular flexibility index (Phi) is 7.95. The Morgan fingerprint density at radius 1 is 1.33 bits per heavy atom. The number of halogens is 1. The van der Waals surface area contributed by atoms with Crippen LogP contribution in [0.25, 0.3) is 0 Å². The second kappa shape index (κ2) is 8.81. The molecular formula is C15H30IN5O2S. The van der Waals surface area contributed by atoms with Gasteiger partial charge in [0.05, 0.1) is 6.26 Å². The van der Waals surface area contributed by atoms with Crippen molar-refractivity contribution in [3.63, 3.8) is 0 Å². The molecule has 24 heavy (non-hydrogen) atoms. The highest BCUT2D eigenvalue weighted by Crippen LogP contribution is 2.18. The van der Waals surface area contributed by atoms with E-state index in [2.05, 4.69) is 37.0 Å². The Balaban J connectivity index is 0.00000288. The normalized spacial score (nSPS) is 22.8. The summed E-state index contributed by atoms with van der Waals surface area (Å²) in [6.07, 6.45) is 6.75. The third-order valence-corrected chi connectivity index (χ3v) is 5.11. The zero-order valence-electron chi connectivity index (χ0n) is 14.9. The highest BCUT2D eigenvalue weighted by atomic mass is 127. The molecule has 2 rings (SSSR count). The van der Waals surface area contributed by atoms with E-state index in [1.54, 1.807) is 7.05 Å². The van der Waals surface area contributed by atoms with E-state index >= 15 is 0 Å². The minimum atomic E-state index is -3.23. The summed E-state index contributed by atoms with van der Waals surface area (Å²) in [7, 11) is -1.46. The fraction of sp³-hybridized carbons (Fsp3) is 0.800. The van der Waals surface area contributed by atoms with E-state index in [9.17, 15) is 8.42 Å². The molecule has 1 fully saturated rings. The van der Waals surface area contributed by atoms with Crippen LogP contribution in [0.15, 0.2) is 17.1 Å². The van der Waals surface area contributed by atoms with Crippen LogP contribution in [0.4, 0.5) is 0 Å². The molecule has 0 aromatic heterocycles. The maximum Gasteiger partial charge on any atom is 0.209 e. The minimum absolute atomic E-state index is 0. The van der Waals surface area contributed by atoms with Crippen molar-refractivity contribution in [2.75, 3.05) is 46.0 Å². The number of sulfonamides is 1. The van der Waals surface area contributed by atoms with E-state index in [-0.39, 0.29) is 24.0 Å². The monoisotopic (exact) mass is 471 g/mol. The molecule has 140 valence electrons. The Labute approximate surface area is 163 Å². The van der Waals surface area contributed by atoms with Crippen LogP contribution in [0.2, 0.25) is 0 Å². The van der Waals surface area contributed by atoms with Crippen LogP contribution >= 0.6 is 24.0 Å². The van der Waals surface area contributed by atoms with Crippen LogP contribution in [0, 0.1) is 0 Å². The number of aliphatic imine (C=N–C) groups is 1. The topological polar surface area (TPSA) is 77.0 Å². The van der Waals surface area contributed by atoms with Crippen molar-refractivity contribution in [2.24, 2.45) is 4.99 Å². The van der Waals surface area contributed by atoms with Gasteiger partial charge in [-0.25, -0.2) is 13.1 Å². The van der Waals surface area contributed by atoms with Crippen molar-refractivity contribution >= 4 is 40.0 Å². The SMILES string of the molecule is CN=C(NCC(C)(C)NS(C)(=O)=O)N1CCC(N2CC=CC2)C1.I. The van der Waals surface area contributed by atoms with Crippen LogP contribution < -0.4 is 10.0 Å². The quantitative estimate of drug-likeness (QED) is 0.264. The van der Waals surface area contributed by atoms with E-state index in [4.69, 9.17) is 0 Å². The third kappa shape index (κ3) is 6.49. The predicted octanol–water partition coefficient (Wildman–Crippen LogP) is 0.454. The zero-order valence-corrected chi connectivity index (χ0v) is 18.1. The first-order chi connectivity index (χ1) is 10.7. The number of rotatable bonds is 5. The largest absolute Gasteiger partial charge is 0.354 e. The van der Waals surface area contributed by atoms with Gasteiger partial charge < -0.3 is 10.2 Å². The smallest absolute Gasteiger partial charge is 0.209 e. The van der Waals surface area contributed by atoms with Gasteiger partial charge in [-0.2, -0.15) is 0 Å². The molecule has 2 N–H and O–H groups in total. The molecule has 0 amide bonds. The fourth-order valence-electron chi connectivity index (χ4n) is 3.20. The molecule has 1 unspecified atom stereocenters. The molecule has 0 aromatic rings. The molecule has 2 aliphatic rings. The van der Waals surface area contributed by atoms with E-state index in [0.717, 1.165) is 38.6 Å². The van der Waals surface area contributed by atoms with Crippen LogP contribution in [-0.4, -0.2) is 81.8 Å². The van der Waals surface area contributed by atoms with Crippen molar-refractivity contribution in [2.45, 2.75) is 31.8 Å². The van der Waals surface area contributed by atoms with Crippen molar-refractivity contribution in [3.05, 3.63) is 12.2 Å². The number of hydrogen-bond acceptors (Lipinski definition) is 4. The van der Waals surface area contributed by atoms with Gasteiger partial charge in [-0.05, 0) is 20.3 Å². The molecule has 0 bridgehead atoms. The number of guanidine groups is 1. The average molecular weight is 471 g/mol. The molecule has 0 saturated carbocycles. The van der Waals surface area contributed by atoms with Crippen molar-refractivity contribution in [3.8, 4) is 0 Å². The Hall–Kier alpha value is -0.390. The van der Waals surface area contributed by atoms with Gasteiger partial charge in [-0.15, -0.1) is 24.0 Å². The number of nitrogens with zero attached hydrogens (tertiary/aromatic N) is 3. The van der Waals surface area contributed by atoms with E-state index < -0.39 is 15.6 Å². The first-order valence-corrected chi connectivity index (χ1v) is 9.93. The fourth-order valence-corrected chi connectivity index (χ4v) is 4.27. The van der Waals surface area contributed by atoms with Crippen molar-refractivity contribution < 1.29 is 8.42 Å². The van der Waals surface area contributed by atoms with Gasteiger partial charge in [0.25, 0.3) is 0 Å². The molecule has 9 heteroatoms. The summed E-state index contributed by atoms with van der Waals surface area (Å²) in [6.45, 7) is 8.21. The van der Waals surface area contributed by atoms with Gasteiger partial charge in [0.1, 0.15) is 0 Å². The molecule has 0 spiro atoms. The summed E-state index contributed by atoms with van der Waals surface area (Å²) in [6, 6.07) is 0.561. The van der Waals surface area contributed by atoms with Crippen LogP contribution in [0.3, 0.4) is 0 Å². The highest BCUT2D eigenvalue weighted by Gasteiger charge is 2.30. The lowest BCUT2D eigenvalue weighted by atomic mass is 10.1. The summed E-state index contributed by atoms with van der Waals surface area (Å²) < 4.78 is 25.5. The molecule has 2 heterocycles. The summed E-state index contributed by atoms with van der Waals surface area (Å²) in [4.78, 5) is 9.07. The van der Waals surface area contributed by atoms with E-state index in [0.29, 0.717) is 12.6 Å². The summed E-state index contributed by atoms with van der Waals surface area (Å²) in [5.41, 5.74) is -0.568. The van der Waals surface area contributed by atoms with Crippen LogP contribution in [0.5, 0.6) is 0 Å². The Bertz CT molecular complexity index is 568. The van der Waals surface area contributed by atoms with Crippen molar-refractivity contribution in [1.82, 2.24) is 19.8 Å². The standard InChI is InChI=1S/C15H29N5O2S.HI/c1-15(2,18-23(4,21)22)12-17-14(16-3)20-10-7-13(11-20)19-8-5-6-9-19;/h5-6,13,18H,7-12H2,1-4H3,(H,16,17);1H. The Morgan fingerprint density at radius 2 is 1.96 bits per heavy atom. The van der Waals surface area contributed by atoms with Gasteiger partial charge in [-0.3, -0.25) is 9.89 Å². The molecule has 7 nitrogen and oxygen atoms in total. The van der Waals surface area contributed by atoms with Crippen LogP contribution in [0.1, 0.15) is 20.3 Å². The van der Waals surface area contributed by atoms with Crippen molar-refractivity contribution in [1.29, 1.82) is 0 Å². The van der Waals surface area contributed by atoms with Gasteiger partial charge in [0.15, 0.2) is 5.96 Å². The molecule has 0 aromatic carbocycles. The second-order valence-electron chi connectivity index (χ2n) is 6.97. The second-order valence-corrected chi connectivity index (χ2v) is 8.72. The molecular weight excluding hydrogens is 441 g/mol. The van der Waals surface area contributed by atoms with E-state index in [1.165, 1.54) is 6.26 Å². The lowest BCUT2D eigenvalue weighted by Gasteiger charge is -2.29. The lowest BCUT2D eigenvalue weighted by Crippen LogP contribution is -2.53.